The minimum Gasteiger partial charge on any atom is -0.482 e. The fourth-order valence-electron chi connectivity index (χ4n) is 3.06. The highest BCUT2D eigenvalue weighted by molar-refractivity contribution is 6.04. The van der Waals surface area contributed by atoms with E-state index in [1.165, 1.54) is 0 Å². The quantitative estimate of drug-likeness (QED) is 0.456. The predicted octanol–water partition coefficient (Wildman–Crippen LogP) is 5.16. The molecule has 0 unspecified atom stereocenters. The van der Waals surface area contributed by atoms with Gasteiger partial charge in [-0.25, -0.2) is 4.79 Å². The number of carbonyl (C=O) groups is 2. The third-order valence-electron chi connectivity index (χ3n) is 4.54. The highest BCUT2D eigenvalue weighted by atomic mass is 16.6. The van der Waals surface area contributed by atoms with Crippen molar-refractivity contribution in [3.05, 3.63) is 88.5 Å². The van der Waals surface area contributed by atoms with Gasteiger partial charge in [0.05, 0.1) is 0 Å². The van der Waals surface area contributed by atoms with Crippen molar-refractivity contribution >= 4 is 17.6 Å². The van der Waals surface area contributed by atoms with Crippen molar-refractivity contribution < 1.29 is 19.1 Å². The lowest BCUT2D eigenvalue weighted by Gasteiger charge is -2.10. The second-order valence-corrected chi connectivity index (χ2v) is 7.38. The molecule has 3 aromatic rings. The maximum absolute atomic E-state index is 12.5. The van der Waals surface area contributed by atoms with Gasteiger partial charge in [0.15, 0.2) is 6.61 Å². The van der Waals surface area contributed by atoms with Gasteiger partial charge in [-0.2, -0.15) is 0 Å². The summed E-state index contributed by atoms with van der Waals surface area (Å²) in [6.07, 6.45) is 0. The molecule has 0 aliphatic heterocycles. The number of carbonyl (C=O) groups excluding carboxylic acids is 2. The highest BCUT2D eigenvalue weighted by Crippen LogP contribution is 2.19. The molecular weight excluding hydrogens is 378 g/mol. The first-order valence-electron chi connectivity index (χ1n) is 9.70. The molecule has 0 saturated carbocycles. The predicted molar refractivity (Wildman–Crippen MR) is 117 cm³/mol. The molecule has 0 heterocycles. The van der Waals surface area contributed by atoms with E-state index in [9.17, 15) is 9.59 Å². The Morgan fingerprint density at radius 2 is 1.43 bits per heavy atom. The zero-order valence-corrected chi connectivity index (χ0v) is 17.6. The van der Waals surface area contributed by atoms with Crippen LogP contribution in [0.2, 0.25) is 0 Å². The third kappa shape index (κ3) is 5.70. The van der Waals surface area contributed by atoms with Gasteiger partial charge in [0.2, 0.25) is 0 Å². The zero-order valence-electron chi connectivity index (χ0n) is 17.6. The SMILES string of the molecule is Cc1cc(C)cc(OCC(=O)Oc2ccc(C(=O)Nc3cc(C)ccc3C)cc2)c1. The maximum Gasteiger partial charge on any atom is 0.349 e. The Bertz CT molecular complexity index is 1050. The monoisotopic (exact) mass is 403 g/mol. The van der Waals surface area contributed by atoms with E-state index in [-0.39, 0.29) is 12.5 Å². The molecule has 0 fully saturated rings. The van der Waals surface area contributed by atoms with Crippen molar-refractivity contribution in [3.63, 3.8) is 0 Å². The van der Waals surface area contributed by atoms with Gasteiger partial charge in [-0.1, -0.05) is 18.2 Å². The number of amides is 1. The van der Waals surface area contributed by atoms with Crippen LogP contribution >= 0.6 is 0 Å². The lowest BCUT2D eigenvalue weighted by atomic mass is 10.1. The van der Waals surface area contributed by atoms with Crippen LogP contribution in [0.4, 0.5) is 5.69 Å². The molecule has 3 rings (SSSR count). The number of hydrogen-bond donors (Lipinski definition) is 1. The second kappa shape index (κ2) is 9.27. The van der Waals surface area contributed by atoms with Crippen LogP contribution in [0, 0.1) is 27.7 Å². The maximum atomic E-state index is 12.5. The van der Waals surface area contributed by atoms with Gasteiger partial charge >= 0.3 is 5.97 Å². The summed E-state index contributed by atoms with van der Waals surface area (Å²) < 4.78 is 10.8. The van der Waals surface area contributed by atoms with Gasteiger partial charge in [-0.3, -0.25) is 4.79 Å². The van der Waals surface area contributed by atoms with Gasteiger partial charge in [-0.15, -0.1) is 0 Å². The molecular formula is C25H25NO4. The Kier molecular flexibility index (Phi) is 6.52. The van der Waals surface area contributed by atoms with Crippen molar-refractivity contribution in [2.75, 3.05) is 11.9 Å². The van der Waals surface area contributed by atoms with E-state index in [1.807, 2.05) is 64.1 Å². The van der Waals surface area contributed by atoms with Crippen LogP contribution in [-0.4, -0.2) is 18.5 Å². The largest absolute Gasteiger partial charge is 0.482 e. The minimum atomic E-state index is -0.512. The summed E-state index contributed by atoms with van der Waals surface area (Å²) in [5.41, 5.74) is 5.44. The number of anilines is 1. The average molecular weight is 403 g/mol. The molecule has 1 N–H and O–H groups in total. The highest BCUT2D eigenvalue weighted by Gasteiger charge is 2.10. The average Bonchev–Trinajstić information content (AvgIpc) is 2.69. The number of esters is 1. The number of nitrogens with one attached hydrogen (secondary N) is 1. The molecule has 0 atom stereocenters. The summed E-state index contributed by atoms with van der Waals surface area (Å²) >= 11 is 0. The Labute approximate surface area is 176 Å². The standard InChI is InChI=1S/C25H25NO4/c1-16-5-6-19(4)23(14-16)26-25(28)20-7-9-21(10-8-20)30-24(27)15-29-22-12-17(2)11-18(3)13-22/h5-14H,15H2,1-4H3,(H,26,28). The number of ether oxygens (including phenoxy) is 2. The van der Waals surface area contributed by atoms with Crippen LogP contribution < -0.4 is 14.8 Å². The first-order chi connectivity index (χ1) is 14.3. The molecule has 30 heavy (non-hydrogen) atoms. The second-order valence-electron chi connectivity index (χ2n) is 7.38. The van der Waals surface area contributed by atoms with Gasteiger partial charge in [-0.05, 0) is 92.4 Å². The molecule has 0 aliphatic rings. The Hall–Kier alpha value is -3.60. The molecule has 5 heteroatoms. The van der Waals surface area contributed by atoms with Crippen LogP contribution in [0.1, 0.15) is 32.6 Å². The number of hydrogen-bond acceptors (Lipinski definition) is 4. The van der Waals surface area contributed by atoms with E-state index < -0.39 is 5.97 Å². The van der Waals surface area contributed by atoms with Crippen LogP contribution in [-0.2, 0) is 4.79 Å². The van der Waals surface area contributed by atoms with Crippen molar-refractivity contribution in [1.82, 2.24) is 0 Å². The zero-order chi connectivity index (χ0) is 21.7. The van der Waals surface area contributed by atoms with E-state index in [2.05, 4.69) is 5.32 Å². The van der Waals surface area contributed by atoms with E-state index in [4.69, 9.17) is 9.47 Å². The third-order valence-corrected chi connectivity index (χ3v) is 4.54. The summed E-state index contributed by atoms with van der Waals surface area (Å²) in [5, 5.41) is 2.91. The Morgan fingerprint density at radius 1 is 0.767 bits per heavy atom. The lowest BCUT2D eigenvalue weighted by molar-refractivity contribution is -0.136. The summed E-state index contributed by atoms with van der Waals surface area (Å²) in [6, 6.07) is 18.1. The first kappa shape index (κ1) is 21.1. The van der Waals surface area contributed by atoms with Crippen molar-refractivity contribution in [3.8, 4) is 11.5 Å². The molecule has 0 aromatic heterocycles. The Balaban J connectivity index is 1.56. The van der Waals surface area contributed by atoms with Gasteiger partial charge in [0.1, 0.15) is 11.5 Å². The van der Waals surface area contributed by atoms with Crippen molar-refractivity contribution in [1.29, 1.82) is 0 Å². The summed E-state index contributed by atoms with van der Waals surface area (Å²) in [4.78, 5) is 24.5. The Morgan fingerprint density at radius 3 is 2.10 bits per heavy atom. The van der Waals surface area contributed by atoms with Crippen LogP contribution in [0.15, 0.2) is 60.7 Å². The van der Waals surface area contributed by atoms with Gasteiger partial charge in [0, 0.05) is 11.3 Å². The molecule has 3 aromatic carbocycles. The smallest absolute Gasteiger partial charge is 0.349 e. The van der Waals surface area contributed by atoms with Gasteiger partial charge < -0.3 is 14.8 Å². The number of benzene rings is 3. The van der Waals surface area contributed by atoms with Crippen molar-refractivity contribution in [2.45, 2.75) is 27.7 Å². The van der Waals surface area contributed by atoms with E-state index in [0.29, 0.717) is 17.1 Å². The van der Waals surface area contributed by atoms with Crippen LogP contribution in [0.5, 0.6) is 11.5 Å². The fraction of sp³-hybridized carbons (Fsp3) is 0.200. The first-order valence-corrected chi connectivity index (χ1v) is 9.70. The van der Waals surface area contributed by atoms with Crippen LogP contribution in [0.3, 0.4) is 0 Å². The summed E-state index contributed by atoms with van der Waals surface area (Å²) in [6.45, 7) is 7.66. The minimum absolute atomic E-state index is 0.197. The normalized spacial score (nSPS) is 10.4. The lowest BCUT2D eigenvalue weighted by Crippen LogP contribution is -2.18. The number of aryl methyl sites for hydroxylation is 4. The van der Waals surface area contributed by atoms with Gasteiger partial charge in [0.25, 0.3) is 5.91 Å². The summed E-state index contributed by atoms with van der Waals surface area (Å²) in [7, 11) is 0. The van der Waals surface area contributed by atoms with Crippen LogP contribution in [0.25, 0.3) is 0 Å². The molecule has 154 valence electrons. The van der Waals surface area contributed by atoms with E-state index in [0.717, 1.165) is 27.9 Å². The molecule has 0 spiro atoms. The number of rotatable bonds is 6. The molecule has 0 saturated heterocycles. The molecule has 0 radical (unpaired) electrons. The molecule has 5 nitrogen and oxygen atoms in total. The van der Waals surface area contributed by atoms with E-state index in [1.54, 1.807) is 24.3 Å². The molecule has 0 bridgehead atoms. The molecule has 0 aliphatic carbocycles. The summed E-state index contributed by atoms with van der Waals surface area (Å²) in [5.74, 6) is 0.247. The topological polar surface area (TPSA) is 64.6 Å². The molecule has 1 amide bonds. The van der Waals surface area contributed by atoms with E-state index >= 15 is 0 Å². The van der Waals surface area contributed by atoms with Crippen molar-refractivity contribution in [2.24, 2.45) is 0 Å². The fourth-order valence-corrected chi connectivity index (χ4v) is 3.06.